The van der Waals surface area contributed by atoms with E-state index >= 15 is 0 Å². The van der Waals surface area contributed by atoms with Crippen LogP contribution in [-0.2, 0) is 12.7 Å². The number of ether oxygens (including phenoxy) is 1. The predicted molar refractivity (Wildman–Crippen MR) is 63.9 cm³/mol. The smallest absolute Gasteiger partial charge is 0.416 e. The van der Waals surface area contributed by atoms with Gasteiger partial charge in [0.1, 0.15) is 12.4 Å². The van der Waals surface area contributed by atoms with Gasteiger partial charge in [0.2, 0.25) is 0 Å². The summed E-state index contributed by atoms with van der Waals surface area (Å²) in [7, 11) is 0. The zero-order chi connectivity index (χ0) is 15.5. The van der Waals surface area contributed by atoms with Crippen molar-refractivity contribution in [1.82, 2.24) is 15.0 Å². The van der Waals surface area contributed by atoms with E-state index in [1.807, 2.05) is 0 Å². The van der Waals surface area contributed by atoms with Crippen LogP contribution in [0.5, 0.6) is 5.75 Å². The van der Waals surface area contributed by atoms with E-state index in [-0.39, 0.29) is 24.6 Å². The molecule has 0 saturated heterocycles. The van der Waals surface area contributed by atoms with E-state index in [9.17, 15) is 18.0 Å². The Morgan fingerprint density at radius 3 is 2.76 bits per heavy atom. The molecule has 0 fully saturated rings. The van der Waals surface area contributed by atoms with Gasteiger partial charge in [0.15, 0.2) is 5.69 Å². The maximum absolute atomic E-state index is 12.5. The standard InChI is InChI=1S/C12H10F3N3O3/c13-12(14,15)8-2-1-3-9(6-8)21-5-4-18-7-10(11(19)20)16-17-18/h1-3,6-7H,4-5H2,(H,19,20). The average molecular weight is 301 g/mol. The zero-order valence-corrected chi connectivity index (χ0v) is 10.5. The van der Waals surface area contributed by atoms with Gasteiger partial charge in [-0.25, -0.2) is 9.48 Å². The zero-order valence-electron chi connectivity index (χ0n) is 10.5. The van der Waals surface area contributed by atoms with Gasteiger partial charge in [0, 0.05) is 0 Å². The van der Waals surface area contributed by atoms with Crippen LogP contribution in [0.25, 0.3) is 0 Å². The van der Waals surface area contributed by atoms with Crippen molar-refractivity contribution >= 4 is 5.97 Å². The van der Waals surface area contributed by atoms with Crippen LogP contribution in [0.1, 0.15) is 16.1 Å². The SMILES string of the molecule is O=C(O)c1cn(CCOc2cccc(C(F)(F)F)c2)nn1. The van der Waals surface area contributed by atoms with Gasteiger partial charge in [-0.1, -0.05) is 11.3 Å². The summed E-state index contributed by atoms with van der Waals surface area (Å²) in [6, 6.07) is 4.49. The summed E-state index contributed by atoms with van der Waals surface area (Å²) in [4.78, 5) is 10.6. The monoisotopic (exact) mass is 301 g/mol. The molecular weight excluding hydrogens is 291 g/mol. The molecule has 2 aromatic rings. The molecule has 21 heavy (non-hydrogen) atoms. The van der Waals surface area contributed by atoms with E-state index in [0.29, 0.717) is 0 Å². The lowest BCUT2D eigenvalue weighted by Crippen LogP contribution is -2.10. The number of nitrogens with zero attached hydrogens (tertiary/aromatic N) is 3. The van der Waals surface area contributed by atoms with Crippen molar-refractivity contribution in [2.75, 3.05) is 6.61 Å². The number of hydrogen-bond acceptors (Lipinski definition) is 4. The Kier molecular flexibility index (Phi) is 4.10. The highest BCUT2D eigenvalue weighted by molar-refractivity contribution is 5.84. The quantitative estimate of drug-likeness (QED) is 0.915. The van der Waals surface area contributed by atoms with E-state index in [2.05, 4.69) is 10.3 Å². The third kappa shape index (κ3) is 3.94. The molecule has 0 amide bonds. The predicted octanol–water partition coefficient (Wildman–Crippen LogP) is 2.07. The van der Waals surface area contributed by atoms with Gasteiger partial charge in [0.05, 0.1) is 18.3 Å². The summed E-state index contributed by atoms with van der Waals surface area (Å²) in [6.07, 6.45) is -3.22. The maximum atomic E-state index is 12.5. The number of hydrogen-bond donors (Lipinski definition) is 1. The van der Waals surface area contributed by atoms with Gasteiger partial charge >= 0.3 is 12.1 Å². The first-order chi connectivity index (χ1) is 9.86. The van der Waals surface area contributed by atoms with Gasteiger partial charge in [-0.3, -0.25) is 0 Å². The summed E-state index contributed by atoms with van der Waals surface area (Å²) < 4.78 is 43.9. The number of aromatic nitrogens is 3. The largest absolute Gasteiger partial charge is 0.492 e. The topological polar surface area (TPSA) is 77.2 Å². The number of alkyl halides is 3. The molecule has 0 bridgehead atoms. The van der Waals surface area contributed by atoms with Crippen LogP contribution in [0, 0.1) is 0 Å². The van der Waals surface area contributed by atoms with Crippen LogP contribution in [0.2, 0.25) is 0 Å². The first-order valence-electron chi connectivity index (χ1n) is 5.80. The van der Waals surface area contributed by atoms with E-state index < -0.39 is 17.7 Å². The third-order valence-electron chi connectivity index (χ3n) is 2.51. The second-order valence-corrected chi connectivity index (χ2v) is 4.05. The Bertz CT molecular complexity index is 640. The van der Waals surface area contributed by atoms with Crippen LogP contribution in [-0.4, -0.2) is 32.7 Å². The van der Waals surface area contributed by atoms with Gasteiger partial charge in [-0.05, 0) is 18.2 Å². The van der Waals surface area contributed by atoms with Crippen molar-refractivity contribution in [3.05, 3.63) is 41.7 Å². The van der Waals surface area contributed by atoms with Crippen molar-refractivity contribution < 1.29 is 27.8 Å². The molecular formula is C12H10F3N3O3. The Labute approximate surface area is 116 Å². The molecule has 0 atom stereocenters. The molecule has 0 spiro atoms. The van der Waals surface area contributed by atoms with Gasteiger partial charge in [-0.15, -0.1) is 5.10 Å². The summed E-state index contributed by atoms with van der Waals surface area (Å²) >= 11 is 0. The molecule has 112 valence electrons. The molecule has 9 heteroatoms. The molecule has 2 rings (SSSR count). The highest BCUT2D eigenvalue weighted by atomic mass is 19.4. The van der Waals surface area contributed by atoms with Gasteiger partial charge in [-0.2, -0.15) is 13.2 Å². The van der Waals surface area contributed by atoms with Crippen molar-refractivity contribution in [1.29, 1.82) is 0 Å². The lowest BCUT2D eigenvalue weighted by atomic mass is 10.2. The summed E-state index contributed by atoms with van der Waals surface area (Å²) in [6.45, 7) is 0.195. The maximum Gasteiger partial charge on any atom is 0.416 e. The first-order valence-corrected chi connectivity index (χ1v) is 5.80. The lowest BCUT2D eigenvalue weighted by molar-refractivity contribution is -0.137. The van der Waals surface area contributed by atoms with Crippen LogP contribution < -0.4 is 4.74 Å². The first kappa shape index (κ1) is 14.8. The molecule has 0 aliphatic rings. The van der Waals surface area contributed by atoms with Gasteiger partial charge < -0.3 is 9.84 Å². The van der Waals surface area contributed by atoms with Crippen molar-refractivity contribution in [2.45, 2.75) is 12.7 Å². The number of carboxylic acid groups (broad SMARTS) is 1. The molecule has 0 radical (unpaired) electrons. The lowest BCUT2D eigenvalue weighted by Gasteiger charge is -2.10. The highest BCUT2D eigenvalue weighted by Crippen LogP contribution is 2.31. The normalized spacial score (nSPS) is 11.4. The van der Waals surface area contributed by atoms with Crippen LogP contribution >= 0.6 is 0 Å². The fourth-order valence-electron chi connectivity index (χ4n) is 1.52. The van der Waals surface area contributed by atoms with E-state index in [0.717, 1.165) is 12.1 Å². The second kappa shape index (κ2) is 5.81. The average Bonchev–Trinajstić information content (AvgIpc) is 2.87. The number of carboxylic acids is 1. The van der Waals surface area contributed by atoms with Crippen LogP contribution in [0.4, 0.5) is 13.2 Å². The molecule has 0 aliphatic carbocycles. The molecule has 1 N–H and O–H groups in total. The fraction of sp³-hybridized carbons (Fsp3) is 0.250. The highest BCUT2D eigenvalue weighted by Gasteiger charge is 2.30. The van der Waals surface area contributed by atoms with E-state index in [1.165, 1.54) is 23.0 Å². The number of halogens is 3. The molecule has 1 heterocycles. The van der Waals surface area contributed by atoms with Gasteiger partial charge in [0.25, 0.3) is 0 Å². The summed E-state index contributed by atoms with van der Waals surface area (Å²) in [5, 5.41) is 15.6. The number of carbonyl (C=O) groups is 1. The molecule has 0 saturated carbocycles. The summed E-state index contributed by atoms with van der Waals surface area (Å²) in [5.41, 5.74) is -1.01. The van der Waals surface area contributed by atoms with Crippen molar-refractivity contribution in [2.24, 2.45) is 0 Å². The second-order valence-electron chi connectivity index (χ2n) is 4.05. The van der Waals surface area contributed by atoms with Crippen LogP contribution in [0.15, 0.2) is 30.5 Å². The Morgan fingerprint density at radius 1 is 1.38 bits per heavy atom. The summed E-state index contributed by atoms with van der Waals surface area (Å²) in [5.74, 6) is -1.14. The minimum Gasteiger partial charge on any atom is -0.492 e. The third-order valence-corrected chi connectivity index (χ3v) is 2.51. The Hall–Kier alpha value is -2.58. The van der Waals surface area contributed by atoms with E-state index in [4.69, 9.17) is 9.84 Å². The molecule has 1 aromatic heterocycles. The van der Waals surface area contributed by atoms with Crippen LogP contribution in [0.3, 0.4) is 0 Å². The van der Waals surface area contributed by atoms with Crippen molar-refractivity contribution in [3.63, 3.8) is 0 Å². The number of benzene rings is 1. The molecule has 1 aromatic carbocycles. The molecule has 0 aliphatic heterocycles. The Morgan fingerprint density at radius 2 is 2.14 bits per heavy atom. The number of aromatic carboxylic acids is 1. The fourth-order valence-corrected chi connectivity index (χ4v) is 1.52. The van der Waals surface area contributed by atoms with E-state index in [1.54, 1.807) is 0 Å². The number of rotatable bonds is 5. The minimum absolute atomic E-state index is 0.0315. The minimum atomic E-state index is -4.43. The molecule has 0 unspecified atom stereocenters. The molecule has 6 nitrogen and oxygen atoms in total. The Balaban J connectivity index is 1.92. The van der Waals surface area contributed by atoms with Crippen molar-refractivity contribution in [3.8, 4) is 5.75 Å².